The van der Waals surface area contributed by atoms with Crippen LogP contribution >= 0.6 is 0 Å². The Kier molecular flexibility index (Phi) is 9.92. The average molecular weight is 578 g/mol. The molecule has 12 nitrogen and oxygen atoms in total. The van der Waals surface area contributed by atoms with Crippen molar-refractivity contribution in [1.29, 1.82) is 0 Å². The van der Waals surface area contributed by atoms with Gasteiger partial charge in [0, 0.05) is 42.9 Å². The minimum absolute atomic E-state index is 0.0794. The Morgan fingerprint density at radius 2 is 1.67 bits per heavy atom. The molecule has 0 radical (unpaired) electrons. The monoisotopic (exact) mass is 577 g/mol. The van der Waals surface area contributed by atoms with Gasteiger partial charge < -0.3 is 36.5 Å². The van der Waals surface area contributed by atoms with E-state index in [1.165, 1.54) is 4.90 Å². The first-order valence-corrected chi connectivity index (χ1v) is 13.8. The Morgan fingerprint density at radius 1 is 0.952 bits per heavy atom. The van der Waals surface area contributed by atoms with Crippen molar-refractivity contribution in [3.63, 3.8) is 0 Å². The number of benzene rings is 2. The fourth-order valence-electron chi connectivity index (χ4n) is 5.23. The van der Waals surface area contributed by atoms with Gasteiger partial charge in [-0.05, 0) is 36.5 Å². The van der Waals surface area contributed by atoms with E-state index in [0.29, 0.717) is 12.8 Å². The minimum atomic E-state index is -1.19. The molecular weight excluding hydrogens is 542 g/mol. The minimum Gasteiger partial charge on any atom is -0.481 e. The van der Waals surface area contributed by atoms with Gasteiger partial charge in [-0.1, -0.05) is 48.5 Å². The van der Waals surface area contributed by atoms with Crippen molar-refractivity contribution < 1.29 is 34.2 Å². The van der Waals surface area contributed by atoms with Gasteiger partial charge in [0.1, 0.15) is 18.1 Å². The highest BCUT2D eigenvalue weighted by molar-refractivity contribution is 5.95. The lowest BCUT2D eigenvalue weighted by Gasteiger charge is -2.30. The summed E-state index contributed by atoms with van der Waals surface area (Å²) in [6.07, 6.45) is 2.36. The molecule has 222 valence electrons. The molecule has 3 aromatic rings. The van der Waals surface area contributed by atoms with Crippen LogP contribution in [0.3, 0.4) is 0 Å². The predicted octanol–water partition coefficient (Wildman–Crippen LogP) is 1.19. The van der Waals surface area contributed by atoms with E-state index >= 15 is 0 Å². The second-order valence-electron chi connectivity index (χ2n) is 10.4. The van der Waals surface area contributed by atoms with Crippen molar-refractivity contribution in [2.24, 2.45) is 5.73 Å². The number of amides is 3. The molecule has 4 unspecified atom stereocenters. The van der Waals surface area contributed by atoms with Crippen LogP contribution in [0.2, 0.25) is 0 Å². The number of H-pyrrole nitrogens is 1. The van der Waals surface area contributed by atoms with Crippen molar-refractivity contribution in [1.82, 2.24) is 20.5 Å². The smallest absolute Gasteiger partial charge is 0.326 e. The fourth-order valence-corrected chi connectivity index (χ4v) is 5.23. The zero-order chi connectivity index (χ0) is 30.2. The predicted molar refractivity (Wildman–Crippen MR) is 153 cm³/mol. The van der Waals surface area contributed by atoms with Crippen molar-refractivity contribution in [2.45, 2.75) is 62.7 Å². The number of carbonyl (C=O) groups is 5. The third-order valence-corrected chi connectivity index (χ3v) is 7.46. The number of likely N-dealkylation sites (tertiary alicyclic amines) is 1. The number of aromatic nitrogens is 1. The van der Waals surface area contributed by atoms with Crippen LogP contribution in [0.5, 0.6) is 0 Å². The molecule has 3 amide bonds. The molecule has 1 saturated heterocycles. The van der Waals surface area contributed by atoms with Gasteiger partial charge in [-0.2, -0.15) is 0 Å². The summed E-state index contributed by atoms with van der Waals surface area (Å²) in [6.45, 7) is 0.249. The van der Waals surface area contributed by atoms with E-state index in [1.807, 2.05) is 30.3 Å². The molecular formula is C30H35N5O7. The number of hydrogen-bond acceptors (Lipinski definition) is 6. The summed E-state index contributed by atoms with van der Waals surface area (Å²) in [5.74, 6) is -4.06. The second kappa shape index (κ2) is 13.8. The molecule has 2 heterocycles. The van der Waals surface area contributed by atoms with Crippen LogP contribution in [0.1, 0.15) is 36.8 Å². The molecule has 0 saturated carbocycles. The van der Waals surface area contributed by atoms with Crippen LogP contribution in [0, 0.1) is 0 Å². The van der Waals surface area contributed by atoms with Crippen molar-refractivity contribution in [2.75, 3.05) is 6.54 Å². The summed E-state index contributed by atoms with van der Waals surface area (Å²) in [5.41, 5.74) is 8.28. The molecule has 0 spiro atoms. The van der Waals surface area contributed by atoms with Crippen molar-refractivity contribution in [3.05, 3.63) is 71.9 Å². The number of nitrogens with two attached hydrogens (primary N) is 1. The van der Waals surface area contributed by atoms with E-state index in [4.69, 9.17) is 10.8 Å². The van der Waals surface area contributed by atoms with E-state index in [0.717, 1.165) is 22.0 Å². The van der Waals surface area contributed by atoms with Crippen LogP contribution in [-0.4, -0.2) is 80.5 Å². The number of fused-ring (bicyclic) bond motifs is 1. The first-order chi connectivity index (χ1) is 20.1. The summed E-state index contributed by atoms with van der Waals surface area (Å²) in [4.78, 5) is 67.6. The molecule has 1 aliphatic heterocycles. The maximum absolute atomic E-state index is 13.9. The summed E-state index contributed by atoms with van der Waals surface area (Å²) < 4.78 is 0. The molecule has 12 heteroatoms. The van der Waals surface area contributed by atoms with E-state index in [9.17, 15) is 29.1 Å². The third kappa shape index (κ3) is 7.52. The number of para-hydroxylation sites is 1. The number of rotatable bonds is 13. The zero-order valence-corrected chi connectivity index (χ0v) is 23.0. The number of carbonyl (C=O) groups excluding carboxylic acids is 3. The Bertz CT molecular complexity index is 1440. The zero-order valence-electron chi connectivity index (χ0n) is 23.0. The number of aromatic amines is 1. The summed E-state index contributed by atoms with van der Waals surface area (Å²) >= 11 is 0. The number of carboxylic acids is 2. The first kappa shape index (κ1) is 30.3. The van der Waals surface area contributed by atoms with Crippen LogP contribution < -0.4 is 16.4 Å². The summed E-state index contributed by atoms with van der Waals surface area (Å²) in [5, 5.41) is 24.9. The van der Waals surface area contributed by atoms with Gasteiger partial charge in [-0.15, -0.1) is 0 Å². The van der Waals surface area contributed by atoms with Crippen molar-refractivity contribution in [3.8, 4) is 0 Å². The van der Waals surface area contributed by atoms with Gasteiger partial charge in [0.05, 0.1) is 6.04 Å². The van der Waals surface area contributed by atoms with Gasteiger partial charge >= 0.3 is 11.9 Å². The Morgan fingerprint density at radius 3 is 2.38 bits per heavy atom. The maximum atomic E-state index is 13.9. The number of carboxylic acid groups (broad SMARTS) is 2. The molecule has 2 aromatic carbocycles. The SMILES string of the molecule is NC(CCC(=O)O)C(=O)NC(Cc1c[nH]c2ccccc12)C(=O)N1CCCC1C(=O)NC(Cc1ccccc1)C(=O)O. The fraction of sp³-hybridized carbons (Fsp3) is 0.367. The average Bonchev–Trinajstić information content (AvgIpc) is 3.63. The molecule has 7 N–H and O–H groups in total. The molecule has 4 atom stereocenters. The Labute approximate surface area is 242 Å². The summed E-state index contributed by atoms with van der Waals surface area (Å²) in [7, 11) is 0. The van der Waals surface area contributed by atoms with E-state index in [-0.39, 0.29) is 32.2 Å². The maximum Gasteiger partial charge on any atom is 0.326 e. The second-order valence-corrected chi connectivity index (χ2v) is 10.4. The molecule has 1 fully saturated rings. The first-order valence-electron chi connectivity index (χ1n) is 13.8. The van der Waals surface area contributed by atoms with Crippen LogP contribution in [0.25, 0.3) is 10.9 Å². The number of hydrogen-bond donors (Lipinski definition) is 6. The van der Waals surface area contributed by atoms with Gasteiger partial charge in [-0.3, -0.25) is 19.2 Å². The molecule has 0 bridgehead atoms. The van der Waals surface area contributed by atoms with Crippen molar-refractivity contribution >= 4 is 40.6 Å². The Balaban J connectivity index is 1.53. The lowest BCUT2D eigenvalue weighted by Crippen LogP contribution is -2.57. The van der Waals surface area contributed by atoms with Gasteiger partial charge in [0.15, 0.2) is 0 Å². The van der Waals surface area contributed by atoms with Gasteiger partial charge in [-0.25, -0.2) is 4.79 Å². The lowest BCUT2D eigenvalue weighted by molar-refractivity contribution is -0.145. The largest absolute Gasteiger partial charge is 0.481 e. The number of aliphatic carboxylic acids is 2. The molecule has 1 aliphatic rings. The molecule has 42 heavy (non-hydrogen) atoms. The van der Waals surface area contributed by atoms with E-state index in [1.54, 1.807) is 30.5 Å². The Hall–Kier alpha value is -4.71. The molecule has 4 rings (SSSR count). The normalized spacial score (nSPS) is 16.9. The van der Waals surface area contributed by atoms with E-state index < -0.39 is 53.8 Å². The van der Waals surface area contributed by atoms with Gasteiger partial charge in [0.25, 0.3) is 0 Å². The van der Waals surface area contributed by atoms with E-state index in [2.05, 4.69) is 15.6 Å². The standard InChI is InChI=1S/C30H35N5O7/c31-21(12-13-26(36)37)27(38)33-23(16-19-17-32-22-10-5-4-9-20(19)22)29(40)35-14-6-11-25(35)28(39)34-24(30(41)42)15-18-7-2-1-3-8-18/h1-5,7-10,17,21,23-25,32H,6,11-16,31H2,(H,33,38)(H,34,39)(H,36,37)(H,41,42). The lowest BCUT2D eigenvalue weighted by atomic mass is 10.0. The van der Waals surface area contributed by atoms with Crippen LogP contribution in [-0.2, 0) is 36.8 Å². The topological polar surface area (TPSA) is 195 Å². The highest BCUT2D eigenvalue weighted by Gasteiger charge is 2.39. The molecule has 0 aliphatic carbocycles. The third-order valence-electron chi connectivity index (χ3n) is 7.46. The van der Waals surface area contributed by atoms with Crippen LogP contribution in [0.15, 0.2) is 60.8 Å². The number of nitrogens with one attached hydrogen (secondary N) is 3. The highest BCUT2D eigenvalue weighted by Crippen LogP contribution is 2.23. The number of nitrogens with zero attached hydrogens (tertiary/aromatic N) is 1. The quantitative estimate of drug-likeness (QED) is 0.174. The van der Waals surface area contributed by atoms with Gasteiger partial charge in [0.2, 0.25) is 17.7 Å². The highest BCUT2D eigenvalue weighted by atomic mass is 16.4. The van der Waals surface area contributed by atoms with Crippen LogP contribution in [0.4, 0.5) is 0 Å². The summed E-state index contributed by atoms with van der Waals surface area (Å²) in [6, 6.07) is 12.0. The molecule has 1 aromatic heterocycles.